The molecule has 0 aromatic rings. The van der Waals surface area contributed by atoms with Gasteiger partial charge in [-0.3, -0.25) is 4.79 Å². The lowest BCUT2D eigenvalue weighted by Crippen LogP contribution is -2.48. The molecule has 2 heteroatoms. The summed E-state index contributed by atoms with van der Waals surface area (Å²) in [4.78, 5) is 10.8. The number of carboxylic acids is 1. The first kappa shape index (κ1) is 11.7. The Labute approximate surface area is 97.7 Å². The van der Waals surface area contributed by atoms with Crippen molar-refractivity contribution in [2.45, 2.75) is 46.5 Å². The number of allylic oxidation sites excluding steroid dienone is 2. The molecule has 1 N–H and O–H groups in total. The fraction of sp³-hybridized carbons (Fsp3) is 0.786. The van der Waals surface area contributed by atoms with Crippen molar-refractivity contribution in [1.82, 2.24) is 0 Å². The van der Waals surface area contributed by atoms with Gasteiger partial charge in [-0.1, -0.05) is 32.4 Å². The monoisotopic (exact) mass is 222 g/mol. The number of hydrogen-bond acceptors (Lipinski definition) is 1. The molecule has 0 heterocycles. The predicted molar refractivity (Wildman–Crippen MR) is 64.1 cm³/mol. The Morgan fingerprint density at radius 1 is 1.62 bits per heavy atom. The zero-order chi connectivity index (χ0) is 11.9. The third-order valence-electron chi connectivity index (χ3n) is 4.87. The molecule has 0 saturated heterocycles. The third kappa shape index (κ3) is 1.79. The zero-order valence-corrected chi connectivity index (χ0v) is 10.5. The molecular weight excluding hydrogens is 200 g/mol. The highest BCUT2D eigenvalue weighted by Gasteiger charge is 2.50. The van der Waals surface area contributed by atoms with Crippen molar-refractivity contribution in [1.29, 1.82) is 0 Å². The number of fused-ring (bicyclic) bond motifs is 1. The van der Waals surface area contributed by atoms with Gasteiger partial charge < -0.3 is 5.11 Å². The number of hydrogen-bond donors (Lipinski definition) is 1. The van der Waals surface area contributed by atoms with E-state index in [-0.39, 0.29) is 5.92 Å². The van der Waals surface area contributed by atoms with Gasteiger partial charge in [-0.15, -0.1) is 0 Å². The first-order chi connectivity index (χ1) is 7.43. The van der Waals surface area contributed by atoms with Crippen LogP contribution in [0.1, 0.15) is 46.5 Å². The van der Waals surface area contributed by atoms with Crippen LogP contribution in [0, 0.1) is 23.2 Å². The van der Waals surface area contributed by atoms with Crippen LogP contribution in [0.2, 0.25) is 0 Å². The van der Waals surface area contributed by atoms with Crippen molar-refractivity contribution in [3.63, 3.8) is 0 Å². The fourth-order valence-electron chi connectivity index (χ4n) is 3.26. The first-order valence-electron chi connectivity index (χ1n) is 6.34. The van der Waals surface area contributed by atoms with E-state index in [1.807, 2.05) is 0 Å². The Balaban J connectivity index is 1.92. The molecule has 0 aromatic heterocycles. The van der Waals surface area contributed by atoms with Gasteiger partial charge in [-0.2, -0.15) is 0 Å². The van der Waals surface area contributed by atoms with E-state index in [1.165, 1.54) is 18.4 Å². The van der Waals surface area contributed by atoms with Crippen LogP contribution < -0.4 is 0 Å². The minimum absolute atomic E-state index is 0.207. The summed E-state index contributed by atoms with van der Waals surface area (Å²) in [6.45, 7) is 6.53. The molecule has 0 amide bonds. The van der Waals surface area contributed by atoms with Crippen LogP contribution in [0.4, 0.5) is 0 Å². The van der Waals surface area contributed by atoms with Crippen LogP contribution in [0.3, 0.4) is 0 Å². The average Bonchev–Trinajstić information content (AvgIpc) is 2.25. The molecule has 2 nitrogen and oxygen atoms in total. The highest BCUT2D eigenvalue weighted by Crippen LogP contribution is 2.59. The van der Waals surface area contributed by atoms with Gasteiger partial charge in [0, 0.05) is 0 Å². The van der Waals surface area contributed by atoms with Crippen LogP contribution in [0.5, 0.6) is 0 Å². The molecule has 1 saturated carbocycles. The summed E-state index contributed by atoms with van der Waals surface area (Å²) >= 11 is 0. The Morgan fingerprint density at radius 2 is 2.31 bits per heavy atom. The largest absolute Gasteiger partial charge is 0.481 e. The van der Waals surface area contributed by atoms with Crippen molar-refractivity contribution in [3.8, 4) is 0 Å². The summed E-state index contributed by atoms with van der Waals surface area (Å²) in [6, 6.07) is 0. The summed E-state index contributed by atoms with van der Waals surface area (Å²) in [5.41, 5.74) is 2.00. The normalized spacial score (nSPS) is 32.6. The van der Waals surface area contributed by atoms with Gasteiger partial charge in [0.2, 0.25) is 0 Å². The predicted octanol–water partition coefficient (Wildman–Crippen LogP) is 3.48. The Morgan fingerprint density at radius 3 is 2.81 bits per heavy atom. The molecule has 0 aromatic carbocycles. The first-order valence-corrected chi connectivity index (χ1v) is 6.34. The smallest absolute Gasteiger partial charge is 0.306 e. The fourth-order valence-corrected chi connectivity index (χ4v) is 3.26. The summed E-state index contributed by atoms with van der Waals surface area (Å²) in [6.07, 6.45) is 6.69. The number of rotatable bonds is 4. The van der Waals surface area contributed by atoms with Gasteiger partial charge in [-0.05, 0) is 42.9 Å². The summed E-state index contributed by atoms with van der Waals surface area (Å²) < 4.78 is 0. The molecule has 90 valence electrons. The van der Waals surface area contributed by atoms with Crippen LogP contribution >= 0.6 is 0 Å². The van der Waals surface area contributed by atoms with Crippen molar-refractivity contribution >= 4 is 5.97 Å². The molecule has 2 bridgehead atoms. The quantitative estimate of drug-likeness (QED) is 0.739. The van der Waals surface area contributed by atoms with Crippen LogP contribution in [-0.2, 0) is 4.79 Å². The molecule has 0 radical (unpaired) electrons. The molecule has 3 rings (SSSR count). The highest BCUT2D eigenvalue weighted by atomic mass is 16.4. The average molecular weight is 222 g/mol. The van der Waals surface area contributed by atoms with Gasteiger partial charge in [0.05, 0.1) is 5.92 Å². The molecule has 3 aliphatic rings. The Hall–Kier alpha value is -0.790. The summed E-state index contributed by atoms with van der Waals surface area (Å²) in [7, 11) is 0. The second-order valence-corrected chi connectivity index (χ2v) is 6.10. The van der Waals surface area contributed by atoms with E-state index >= 15 is 0 Å². The summed E-state index contributed by atoms with van der Waals surface area (Å²) in [5.74, 6) is 0.731. The van der Waals surface area contributed by atoms with Gasteiger partial charge >= 0.3 is 5.97 Å². The molecule has 0 aliphatic heterocycles. The standard InChI is InChI=1S/C14H22O2/c1-9(13(15)16)4-5-10-6-7-11-8-12(10)14(11,2)3/h6,9,11-12H,4-5,7-8H2,1-3H3,(H,15,16). The molecule has 3 unspecified atom stereocenters. The number of carbonyl (C=O) groups is 1. The Bertz CT molecular complexity index is 328. The van der Waals surface area contributed by atoms with Crippen LogP contribution in [-0.4, -0.2) is 11.1 Å². The van der Waals surface area contributed by atoms with Crippen molar-refractivity contribution in [2.75, 3.05) is 0 Å². The lowest BCUT2D eigenvalue weighted by molar-refractivity contribution is -0.141. The molecule has 0 spiro atoms. The second-order valence-electron chi connectivity index (χ2n) is 6.10. The van der Waals surface area contributed by atoms with E-state index in [0.717, 1.165) is 24.7 Å². The molecular formula is C14H22O2. The number of aliphatic carboxylic acids is 1. The number of carboxylic acid groups (broad SMARTS) is 1. The van der Waals surface area contributed by atoms with Gasteiger partial charge in [0.1, 0.15) is 0 Å². The van der Waals surface area contributed by atoms with Crippen LogP contribution in [0.15, 0.2) is 11.6 Å². The van der Waals surface area contributed by atoms with Crippen molar-refractivity contribution in [2.24, 2.45) is 23.2 Å². The van der Waals surface area contributed by atoms with E-state index in [1.54, 1.807) is 6.92 Å². The zero-order valence-electron chi connectivity index (χ0n) is 10.5. The highest BCUT2D eigenvalue weighted by molar-refractivity contribution is 5.69. The van der Waals surface area contributed by atoms with Gasteiger partial charge in [0.15, 0.2) is 0 Å². The van der Waals surface area contributed by atoms with E-state index in [2.05, 4.69) is 19.9 Å². The van der Waals surface area contributed by atoms with E-state index in [4.69, 9.17) is 5.11 Å². The van der Waals surface area contributed by atoms with Crippen molar-refractivity contribution < 1.29 is 9.90 Å². The van der Waals surface area contributed by atoms with E-state index < -0.39 is 5.97 Å². The van der Waals surface area contributed by atoms with E-state index in [9.17, 15) is 4.79 Å². The summed E-state index contributed by atoms with van der Waals surface area (Å²) in [5, 5.41) is 8.87. The molecule has 16 heavy (non-hydrogen) atoms. The third-order valence-corrected chi connectivity index (χ3v) is 4.87. The van der Waals surface area contributed by atoms with E-state index in [0.29, 0.717) is 5.41 Å². The SMILES string of the molecule is CC(CCC1=CCC2CC1C2(C)C)C(=O)O. The lowest BCUT2D eigenvalue weighted by Gasteiger charge is -2.56. The van der Waals surface area contributed by atoms with Crippen LogP contribution in [0.25, 0.3) is 0 Å². The maximum atomic E-state index is 10.8. The minimum atomic E-state index is -0.665. The molecule has 1 fully saturated rings. The molecule has 3 aliphatic carbocycles. The van der Waals surface area contributed by atoms with Crippen molar-refractivity contribution in [3.05, 3.63) is 11.6 Å². The molecule has 3 atom stereocenters. The minimum Gasteiger partial charge on any atom is -0.481 e. The van der Waals surface area contributed by atoms with Gasteiger partial charge in [0.25, 0.3) is 0 Å². The maximum Gasteiger partial charge on any atom is 0.306 e. The second kappa shape index (κ2) is 3.90. The maximum absolute atomic E-state index is 10.8. The van der Waals surface area contributed by atoms with Gasteiger partial charge in [-0.25, -0.2) is 0 Å². The Kier molecular flexibility index (Phi) is 2.85. The lowest BCUT2D eigenvalue weighted by atomic mass is 9.48. The topological polar surface area (TPSA) is 37.3 Å².